The Morgan fingerprint density at radius 2 is 2.00 bits per heavy atom. The van der Waals surface area contributed by atoms with Gasteiger partial charge in [-0.1, -0.05) is 0 Å². The van der Waals surface area contributed by atoms with Crippen LogP contribution in [0.15, 0.2) is 40.4 Å². The zero-order valence-corrected chi connectivity index (χ0v) is 15.1. The molecule has 1 aromatic heterocycles. The van der Waals surface area contributed by atoms with E-state index in [0.717, 1.165) is 0 Å². The maximum absolute atomic E-state index is 13.0. The highest BCUT2D eigenvalue weighted by Gasteiger charge is 2.42. The number of benzene rings is 1. The Labute approximate surface area is 145 Å². The second-order valence-corrected chi connectivity index (χ2v) is 7.69. The van der Waals surface area contributed by atoms with Gasteiger partial charge in [-0.05, 0) is 39.0 Å². The number of hydrogen-bond acceptors (Lipinski definition) is 6. The minimum absolute atomic E-state index is 0.0325. The number of methoxy groups -OCH3 is 1. The van der Waals surface area contributed by atoms with Crippen LogP contribution >= 0.6 is 0 Å². The summed E-state index contributed by atoms with van der Waals surface area (Å²) in [4.78, 5) is 16.6. The number of fused-ring (bicyclic) bond motifs is 1. The average molecular weight is 362 g/mol. The van der Waals surface area contributed by atoms with Crippen LogP contribution in [0.2, 0.25) is 0 Å². The molecule has 3 rings (SSSR count). The molecule has 8 heteroatoms. The lowest BCUT2D eigenvalue weighted by atomic mass is 10.1. The third-order valence-electron chi connectivity index (χ3n) is 3.79. The Bertz CT molecular complexity index is 986. The van der Waals surface area contributed by atoms with Gasteiger partial charge in [0.25, 0.3) is 5.91 Å². The molecule has 7 nitrogen and oxygen atoms in total. The summed E-state index contributed by atoms with van der Waals surface area (Å²) in [6.07, 6.45) is 2.56. The van der Waals surface area contributed by atoms with Crippen LogP contribution in [-0.4, -0.2) is 37.1 Å². The van der Waals surface area contributed by atoms with Gasteiger partial charge in [0, 0.05) is 18.0 Å². The number of aryl methyl sites for hydroxylation is 1. The van der Waals surface area contributed by atoms with Gasteiger partial charge in [-0.2, -0.15) is 0 Å². The average Bonchev–Trinajstić information content (AvgIpc) is 3.06. The molecule has 0 saturated carbocycles. The van der Waals surface area contributed by atoms with Crippen LogP contribution in [-0.2, 0) is 14.6 Å². The molecule has 0 spiro atoms. The van der Waals surface area contributed by atoms with Gasteiger partial charge in [0.05, 0.1) is 18.1 Å². The van der Waals surface area contributed by atoms with Gasteiger partial charge >= 0.3 is 0 Å². The predicted octanol–water partition coefficient (Wildman–Crippen LogP) is 2.42. The molecular weight excluding hydrogens is 344 g/mol. The van der Waals surface area contributed by atoms with Crippen molar-refractivity contribution in [3.63, 3.8) is 0 Å². The van der Waals surface area contributed by atoms with Gasteiger partial charge in [-0.15, -0.1) is 0 Å². The monoisotopic (exact) mass is 362 g/mol. The summed E-state index contributed by atoms with van der Waals surface area (Å²) in [6, 6.07) is 4.53. The van der Waals surface area contributed by atoms with Crippen molar-refractivity contribution in [1.82, 2.24) is 9.55 Å². The molecule has 0 N–H and O–H groups in total. The molecule has 25 heavy (non-hydrogen) atoms. The molecule has 0 fully saturated rings. The smallest absolute Gasteiger partial charge is 0.279 e. The summed E-state index contributed by atoms with van der Waals surface area (Å²) in [5.74, 6) is 0.222. The lowest BCUT2D eigenvalue weighted by molar-refractivity contribution is 0.0957. The minimum Gasteiger partial charge on any atom is -0.497 e. The number of hydrogen-bond donors (Lipinski definition) is 0. The molecule has 0 unspecified atom stereocenters. The highest BCUT2D eigenvalue weighted by Crippen LogP contribution is 2.42. The Hall–Kier alpha value is -2.61. The van der Waals surface area contributed by atoms with Crippen molar-refractivity contribution < 1.29 is 22.7 Å². The van der Waals surface area contributed by atoms with E-state index < -0.39 is 15.7 Å². The molecule has 2 heterocycles. The fraction of sp³-hybridized carbons (Fsp3) is 0.294. The number of ether oxygens (including phenoxy) is 2. The van der Waals surface area contributed by atoms with Crippen LogP contribution in [0.25, 0.3) is 5.76 Å². The van der Waals surface area contributed by atoms with E-state index in [1.165, 1.54) is 30.1 Å². The van der Waals surface area contributed by atoms with E-state index in [1.54, 1.807) is 32.9 Å². The van der Waals surface area contributed by atoms with Crippen molar-refractivity contribution in [3.05, 3.63) is 46.9 Å². The van der Waals surface area contributed by atoms with E-state index in [4.69, 9.17) is 9.47 Å². The summed E-state index contributed by atoms with van der Waals surface area (Å²) >= 11 is 0. The van der Waals surface area contributed by atoms with Gasteiger partial charge in [0.2, 0.25) is 9.84 Å². The lowest BCUT2D eigenvalue weighted by Crippen LogP contribution is -2.20. The van der Waals surface area contributed by atoms with Crippen molar-refractivity contribution >= 4 is 21.5 Å². The first-order chi connectivity index (χ1) is 11.8. The highest BCUT2D eigenvalue weighted by molar-refractivity contribution is 7.97. The number of sulfone groups is 1. The van der Waals surface area contributed by atoms with Gasteiger partial charge in [-0.3, -0.25) is 9.36 Å². The van der Waals surface area contributed by atoms with E-state index in [-0.39, 0.29) is 21.7 Å². The minimum atomic E-state index is -4.01. The maximum Gasteiger partial charge on any atom is 0.279 e. The summed E-state index contributed by atoms with van der Waals surface area (Å²) in [7, 11) is -2.52. The summed E-state index contributed by atoms with van der Waals surface area (Å²) < 4.78 is 38.1. The first-order valence-corrected chi connectivity index (χ1v) is 9.14. The molecule has 0 radical (unpaired) electrons. The largest absolute Gasteiger partial charge is 0.497 e. The molecule has 2 aromatic rings. The van der Waals surface area contributed by atoms with Gasteiger partial charge in [-0.25, -0.2) is 13.4 Å². The van der Waals surface area contributed by atoms with Gasteiger partial charge in [0.15, 0.2) is 10.7 Å². The maximum atomic E-state index is 13.0. The first-order valence-electron chi connectivity index (χ1n) is 7.66. The molecule has 0 bridgehead atoms. The number of imidazole rings is 1. The fourth-order valence-electron chi connectivity index (χ4n) is 2.67. The normalized spacial score (nSPS) is 15.4. The lowest BCUT2D eigenvalue weighted by Gasteiger charge is -2.13. The Morgan fingerprint density at radius 1 is 1.28 bits per heavy atom. The molecule has 1 aliphatic heterocycles. The van der Waals surface area contributed by atoms with Crippen molar-refractivity contribution in [2.24, 2.45) is 0 Å². The first kappa shape index (κ1) is 17.2. The SMILES string of the molecule is COc1ccc2c(c1)C(OC(C)C)=C(C(=O)n1ccnc1C)S2(=O)=O. The number of carbonyl (C=O) groups excluding carboxylic acids is 1. The van der Waals surface area contributed by atoms with Crippen molar-refractivity contribution in [3.8, 4) is 5.75 Å². The molecular formula is C17H18N2O5S. The quantitative estimate of drug-likeness (QED) is 0.830. The van der Waals surface area contributed by atoms with E-state index in [1.807, 2.05) is 0 Å². The van der Waals surface area contributed by atoms with Crippen LogP contribution in [0, 0.1) is 6.92 Å². The van der Waals surface area contributed by atoms with E-state index in [9.17, 15) is 13.2 Å². The van der Waals surface area contributed by atoms with Gasteiger partial charge < -0.3 is 9.47 Å². The number of rotatable bonds is 4. The molecule has 132 valence electrons. The third kappa shape index (κ3) is 2.72. The van der Waals surface area contributed by atoms with E-state index in [2.05, 4.69) is 4.98 Å². The van der Waals surface area contributed by atoms with Crippen LogP contribution in [0.3, 0.4) is 0 Å². The topological polar surface area (TPSA) is 87.5 Å². The Balaban J connectivity index is 2.28. The van der Waals surface area contributed by atoms with Crippen LogP contribution < -0.4 is 4.74 Å². The Morgan fingerprint density at radius 3 is 2.56 bits per heavy atom. The highest BCUT2D eigenvalue weighted by atomic mass is 32.2. The van der Waals surface area contributed by atoms with Crippen molar-refractivity contribution in [2.75, 3.05) is 7.11 Å². The molecule has 1 aromatic carbocycles. The van der Waals surface area contributed by atoms with Crippen LogP contribution in [0.5, 0.6) is 5.75 Å². The van der Waals surface area contributed by atoms with Crippen LogP contribution in [0.4, 0.5) is 0 Å². The molecule has 0 saturated heterocycles. The molecule has 0 amide bonds. The molecule has 1 aliphatic rings. The molecule has 0 aliphatic carbocycles. The number of carbonyl (C=O) groups is 1. The third-order valence-corrected chi connectivity index (χ3v) is 5.62. The second kappa shape index (κ2) is 6.03. The van der Waals surface area contributed by atoms with E-state index >= 15 is 0 Å². The van der Waals surface area contributed by atoms with Crippen LogP contribution in [0.1, 0.15) is 30.0 Å². The number of nitrogens with zero attached hydrogens (tertiary/aromatic N) is 2. The van der Waals surface area contributed by atoms with Crippen molar-refractivity contribution in [2.45, 2.75) is 31.8 Å². The van der Waals surface area contributed by atoms with E-state index in [0.29, 0.717) is 17.1 Å². The zero-order valence-electron chi connectivity index (χ0n) is 14.3. The Kier molecular flexibility index (Phi) is 4.16. The summed E-state index contributed by atoms with van der Waals surface area (Å²) in [6.45, 7) is 5.16. The predicted molar refractivity (Wildman–Crippen MR) is 90.9 cm³/mol. The summed E-state index contributed by atoms with van der Waals surface area (Å²) in [5.41, 5.74) is 0.328. The standard InChI is InChI=1S/C17H18N2O5S/c1-10(2)24-15-13-9-12(23-4)5-6-14(13)25(21,22)16(15)17(20)19-8-7-18-11(19)3/h5-10H,1-4H3. The fourth-order valence-corrected chi connectivity index (χ4v) is 4.31. The number of allylic oxidation sites excluding steroid dienone is 1. The van der Waals surface area contributed by atoms with Gasteiger partial charge in [0.1, 0.15) is 11.6 Å². The summed E-state index contributed by atoms with van der Waals surface area (Å²) in [5, 5.41) is 0. The van der Waals surface area contributed by atoms with Crippen molar-refractivity contribution in [1.29, 1.82) is 0 Å². The molecule has 0 atom stereocenters. The zero-order chi connectivity index (χ0) is 18.4. The second-order valence-electron chi connectivity index (χ2n) is 5.84. The number of aromatic nitrogens is 2.